The monoisotopic (exact) mass is 465 g/mol. The van der Waals surface area contributed by atoms with Gasteiger partial charge in [0.05, 0.1) is 7.11 Å². The molecule has 182 valence electrons. The Morgan fingerprint density at radius 1 is 1.15 bits per heavy atom. The molecule has 4 atom stereocenters. The minimum atomic E-state index is -0.485. The van der Waals surface area contributed by atoms with Crippen molar-refractivity contribution in [3.8, 4) is 11.5 Å². The first-order valence-corrected chi connectivity index (χ1v) is 11.9. The Hall–Kier alpha value is -3.28. The van der Waals surface area contributed by atoms with Crippen molar-refractivity contribution >= 4 is 11.8 Å². The van der Waals surface area contributed by atoms with Gasteiger partial charge in [0.1, 0.15) is 11.9 Å². The van der Waals surface area contributed by atoms with Crippen LogP contribution in [0.3, 0.4) is 0 Å². The van der Waals surface area contributed by atoms with Crippen molar-refractivity contribution < 1.29 is 24.2 Å². The van der Waals surface area contributed by atoms with Gasteiger partial charge in [-0.15, -0.1) is 0 Å². The van der Waals surface area contributed by atoms with E-state index in [9.17, 15) is 14.7 Å². The number of benzene rings is 1. The minimum absolute atomic E-state index is 0.0148. The molecule has 0 spiro atoms. The molecule has 1 aromatic carbocycles. The molecular formula is C28H35NO5. The van der Waals surface area contributed by atoms with Crippen molar-refractivity contribution in [3.63, 3.8) is 0 Å². The van der Waals surface area contributed by atoms with E-state index >= 15 is 0 Å². The largest absolute Gasteiger partial charge is 0.504 e. The summed E-state index contributed by atoms with van der Waals surface area (Å²) in [5.41, 5.74) is 2.04. The highest BCUT2D eigenvalue weighted by atomic mass is 16.5. The van der Waals surface area contributed by atoms with Crippen LogP contribution in [0.15, 0.2) is 61.0 Å². The zero-order chi connectivity index (χ0) is 24.5. The molecule has 0 saturated carbocycles. The summed E-state index contributed by atoms with van der Waals surface area (Å²) in [5, 5.41) is 9.78. The molecule has 1 aliphatic carbocycles. The fraction of sp³-hybridized carbons (Fsp3) is 0.429. The van der Waals surface area contributed by atoms with Crippen LogP contribution in [-0.2, 0) is 27.2 Å². The smallest absolute Gasteiger partial charge is 0.302 e. The van der Waals surface area contributed by atoms with E-state index in [1.54, 1.807) is 18.2 Å². The molecule has 0 fully saturated rings. The van der Waals surface area contributed by atoms with Crippen LogP contribution in [0.2, 0.25) is 0 Å². The Morgan fingerprint density at radius 2 is 1.94 bits per heavy atom. The molecule has 3 rings (SSSR count). The van der Waals surface area contributed by atoms with Crippen LogP contribution >= 0.6 is 0 Å². The first kappa shape index (κ1) is 25.3. The Bertz CT molecular complexity index is 1010. The first-order valence-electron chi connectivity index (χ1n) is 11.9. The topological polar surface area (TPSA) is 88.6 Å². The summed E-state index contributed by atoms with van der Waals surface area (Å²) in [6.45, 7) is 3.59. The molecule has 1 aliphatic rings. The van der Waals surface area contributed by atoms with E-state index in [-0.39, 0.29) is 29.8 Å². The molecule has 4 unspecified atom stereocenters. The maximum absolute atomic E-state index is 13.0. The number of Topliss-reactive ketones (excluding diaryl/α,β-unsaturated/α-hetero) is 1. The molecule has 6 heteroatoms. The lowest BCUT2D eigenvalue weighted by Crippen LogP contribution is -2.32. The maximum atomic E-state index is 13.0. The normalized spacial score (nSPS) is 18.9. The van der Waals surface area contributed by atoms with Crippen LogP contribution in [-0.4, -0.2) is 35.1 Å². The first-order chi connectivity index (χ1) is 16.4. The third-order valence-electron chi connectivity index (χ3n) is 6.50. The number of ether oxygens (including phenoxy) is 2. The van der Waals surface area contributed by atoms with Gasteiger partial charge in [-0.25, -0.2) is 0 Å². The number of hydrogen-bond donors (Lipinski definition) is 2. The molecule has 1 heterocycles. The Morgan fingerprint density at radius 3 is 2.62 bits per heavy atom. The van der Waals surface area contributed by atoms with E-state index < -0.39 is 6.10 Å². The van der Waals surface area contributed by atoms with Gasteiger partial charge in [-0.3, -0.25) is 9.59 Å². The second-order valence-corrected chi connectivity index (χ2v) is 9.11. The number of hydrogen-bond acceptors (Lipinski definition) is 5. The second kappa shape index (κ2) is 12.3. The van der Waals surface area contributed by atoms with Gasteiger partial charge < -0.3 is 19.6 Å². The highest BCUT2D eigenvalue weighted by Crippen LogP contribution is 2.32. The number of aromatic hydroxyl groups is 1. The molecule has 1 aromatic heterocycles. The van der Waals surface area contributed by atoms with Crippen LogP contribution in [0.5, 0.6) is 11.5 Å². The number of ketones is 1. The summed E-state index contributed by atoms with van der Waals surface area (Å²) in [6.07, 6.45) is 14.5. The Kier molecular flexibility index (Phi) is 9.14. The van der Waals surface area contributed by atoms with Crippen molar-refractivity contribution in [3.05, 3.63) is 72.1 Å². The van der Waals surface area contributed by atoms with Crippen LogP contribution in [0.1, 0.15) is 44.2 Å². The molecule has 6 nitrogen and oxygen atoms in total. The fourth-order valence-electron chi connectivity index (χ4n) is 4.57. The van der Waals surface area contributed by atoms with Crippen LogP contribution in [0.4, 0.5) is 0 Å². The Labute approximate surface area is 201 Å². The molecule has 0 radical (unpaired) electrons. The average Bonchev–Trinajstić information content (AvgIpc) is 3.32. The number of H-pyrrole nitrogens is 1. The summed E-state index contributed by atoms with van der Waals surface area (Å²) in [6, 6.07) is 7.12. The van der Waals surface area contributed by atoms with E-state index in [2.05, 4.69) is 36.2 Å². The minimum Gasteiger partial charge on any atom is -0.504 e. The zero-order valence-corrected chi connectivity index (χ0v) is 20.2. The third-order valence-corrected chi connectivity index (χ3v) is 6.50. The van der Waals surface area contributed by atoms with Gasteiger partial charge in [0.25, 0.3) is 0 Å². The molecule has 34 heavy (non-hydrogen) atoms. The van der Waals surface area contributed by atoms with Crippen molar-refractivity contribution in [2.24, 2.45) is 17.8 Å². The summed E-state index contributed by atoms with van der Waals surface area (Å²) < 4.78 is 10.9. The highest BCUT2D eigenvalue weighted by molar-refractivity contribution is 5.79. The summed E-state index contributed by atoms with van der Waals surface area (Å²) in [5.74, 6) is 0.861. The lowest BCUT2D eigenvalue weighted by atomic mass is 9.78. The van der Waals surface area contributed by atoms with Gasteiger partial charge in [-0.2, -0.15) is 0 Å². The molecular weight excluding hydrogens is 430 g/mol. The van der Waals surface area contributed by atoms with E-state index in [1.165, 1.54) is 14.0 Å². The number of aromatic amines is 1. The SMILES string of the molecule is COc1cc(CCC(=O)CC(OC(C)=O)C(Cc2cc[nH]c2)CC2C=CC=CC2C)ccc1O. The van der Waals surface area contributed by atoms with Gasteiger partial charge in [0, 0.05) is 38.1 Å². The lowest BCUT2D eigenvalue weighted by molar-refractivity contribution is -0.151. The number of methoxy groups -OCH3 is 1. The predicted octanol–water partition coefficient (Wildman–Crippen LogP) is 5.18. The molecule has 2 N–H and O–H groups in total. The number of aryl methyl sites for hydroxylation is 1. The number of nitrogens with one attached hydrogen (secondary N) is 1. The lowest BCUT2D eigenvalue weighted by Gasteiger charge is -2.31. The molecule has 0 bridgehead atoms. The van der Waals surface area contributed by atoms with Crippen LogP contribution in [0.25, 0.3) is 0 Å². The summed E-state index contributed by atoms with van der Waals surface area (Å²) in [7, 11) is 1.50. The summed E-state index contributed by atoms with van der Waals surface area (Å²) >= 11 is 0. The number of allylic oxidation sites excluding steroid dienone is 4. The summed E-state index contributed by atoms with van der Waals surface area (Å²) in [4.78, 5) is 28.1. The molecule has 0 aliphatic heterocycles. The van der Waals surface area contributed by atoms with Gasteiger partial charge >= 0.3 is 5.97 Å². The predicted molar refractivity (Wildman–Crippen MR) is 132 cm³/mol. The van der Waals surface area contributed by atoms with Crippen LogP contribution < -0.4 is 4.74 Å². The fourth-order valence-corrected chi connectivity index (χ4v) is 4.57. The number of phenols is 1. The number of aromatic nitrogens is 1. The third kappa shape index (κ3) is 7.37. The average molecular weight is 466 g/mol. The maximum Gasteiger partial charge on any atom is 0.302 e. The standard InChI is InChI=1S/C28H35NO5/c1-19-6-4-5-7-23(19)16-24(14-22-12-13-29-18-22)27(34-20(2)30)17-25(31)10-8-21-9-11-26(32)28(15-21)33-3/h4-7,9,11-13,15,18-19,23-24,27,29,32H,8,10,14,16-17H2,1-3H3. The Balaban J connectivity index is 1.71. The zero-order valence-electron chi connectivity index (χ0n) is 20.2. The van der Waals surface area contributed by atoms with Crippen molar-refractivity contribution in [2.75, 3.05) is 7.11 Å². The number of carbonyl (C=O) groups is 2. The van der Waals surface area contributed by atoms with Gasteiger partial charge in [-0.1, -0.05) is 37.3 Å². The molecule has 0 saturated heterocycles. The van der Waals surface area contributed by atoms with Crippen molar-refractivity contribution in [1.82, 2.24) is 4.98 Å². The number of rotatable bonds is 12. The molecule has 0 amide bonds. The van der Waals surface area contributed by atoms with Gasteiger partial charge in [-0.05, 0) is 60.4 Å². The number of phenolic OH excluding ortho intramolecular Hbond substituents is 1. The quantitative estimate of drug-likeness (QED) is 0.422. The van der Waals surface area contributed by atoms with Gasteiger partial charge in [0.15, 0.2) is 11.5 Å². The van der Waals surface area contributed by atoms with Gasteiger partial charge in [0.2, 0.25) is 0 Å². The highest BCUT2D eigenvalue weighted by Gasteiger charge is 2.30. The van der Waals surface area contributed by atoms with E-state index in [1.807, 2.05) is 18.5 Å². The number of carbonyl (C=O) groups excluding carboxylic acids is 2. The van der Waals surface area contributed by atoms with Crippen molar-refractivity contribution in [2.45, 2.75) is 52.1 Å². The molecule has 2 aromatic rings. The van der Waals surface area contributed by atoms with E-state index in [0.717, 1.165) is 24.0 Å². The van der Waals surface area contributed by atoms with E-state index in [4.69, 9.17) is 9.47 Å². The van der Waals surface area contributed by atoms with Crippen molar-refractivity contribution in [1.29, 1.82) is 0 Å². The number of esters is 1. The van der Waals surface area contributed by atoms with Crippen LogP contribution in [0, 0.1) is 17.8 Å². The van der Waals surface area contributed by atoms with E-state index in [0.29, 0.717) is 30.4 Å². The second-order valence-electron chi connectivity index (χ2n) is 9.11.